The lowest BCUT2D eigenvalue weighted by molar-refractivity contribution is 0.296. The SMILES string of the molecule is Cc1ccc(CN=C(N)NCC2CCC2)c(OCC2CC2)c1.I. The molecular weight excluding hydrogens is 401 g/mol. The molecule has 0 spiro atoms. The van der Waals surface area contributed by atoms with Crippen LogP contribution in [-0.2, 0) is 6.54 Å². The van der Waals surface area contributed by atoms with Crippen molar-refractivity contribution in [2.75, 3.05) is 13.2 Å². The number of aryl methyl sites for hydroxylation is 1. The second-order valence-corrected chi connectivity index (χ2v) is 6.74. The van der Waals surface area contributed by atoms with E-state index in [4.69, 9.17) is 10.5 Å². The van der Waals surface area contributed by atoms with E-state index in [9.17, 15) is 0 Å². The number of nitrogens with one attached hydrogen (secondary N) is 1. The Hall–Kier alpha value is -0.980. The average molecular weight is 429 g/mol. The van der Waals surface area contributed by atoms with Crippen LogP contribution in [0.5, 0.6) is 5.75 Å². The molecule has 0 radical (unpaired) electrons. The minimum atomic E-state index is 0. The van der Waals surface area contributed by atoms with Gasteiger partial charge in [-0.1, -0.05) is 18.6 Å². The van der Waals surface area contributed by atoms with Gasteiger partial charge in [0.2, 0.25) is 0 Å². The Bertz CT molecular complexity index is 539. The van der Waals surface area contributed by atoms with Gasteiger partial charge in [0.15, 0.2) is 5.96 Å². The van der Waals surface area contributed by atoms with Crippen LogP contribution in [0.1, 0.15) is 43.2 Å². The summed E-state index contributed by atoms with van der Waals surface area (Å²) in [5, 5.41) is 3.23. The minimum absolute atomic E-state index is 0. The lowest BCUT2D eigenvalue weighted by atomic mass is 9.85. The maximum absolute atomic E-state index is 5.97. The molecule has 0 atom stereocenters. The van der Waals surface area contributed by atoms with Gasteiger partial charge in [0.1, 0.15) is 5.75 Å². The fourth-order valence-electron chi connectivity index (χ4n) is 2.59. The molecule has 5 heteroatoms. The zero-order valence-corrected chi connectivity index (χ0v) is 16.2. The molecule has 3 N–H and O–H groups in total. The first kappa shape index (κ1) is 18.4. The topological polar surface area (TPSA) is 59.6 Å². The Morgan fingerprint density at radius 2 is 2.04 bits per heavy atom. The molecule has 23 heavy (non-hydrogen) atoms. The van der Waals surface area contributed by atoms with Crippen LogP contribution >= 0.6 is 24.0 Å². The van der Waals surface area contributed by atoms with Gasteiger partial charge in [-0.15, -0.1) is 24.0 Å². The second-order valence-electron chi connectivity index (χ2n) is 6.74. The van der Waals surface area contributed by atoms with E-state index in [1.807, 2.05) is 0 Å². The van der Waals surface area contributed by atoms with E-state index in [0.29, 0.717) is 12.5 Å². The molecule has 2 fully saturated rings. The van der Waals surface area contributed by atoms with Gasteiger partial charge >= 0.3 is 0 Å². The molecule has 0 aromatic heterocycles. The number of aliphatic imine (C=N–C) groups is 1. The molecule has 1 aromatic carbocycles. The third-order valence-corrected chi connectivity index (χ3v) is 4.61. The molecule has 4 nitrogen and oxygen atoms in total. The summed E-state index contributed by atoms with van der Waals surface area (Å²) in [6.07, 6.45) is 6.60. The van der Waals surface area contributed by atoms with Gasteiger partial charge in [0, 0.05) is 12.1 Å². The Morgan fingerprint density at radius 3 is 2.70 bits per heavy atom. The summed E-state index contributed by atoms with van der Waals surface area (Å²) in [5.74, 6) is 3.04. The summed E-state index contributed by atoms with van der Waals surface area (Å²) < 4.78 is 5.97. The summed E-state index contributed by atoms with van der Waals surface area (Å²) >= 11 is 0. The fraction of sp³-hybridized carbons (Fsp3) is 0.611. The predicted molar refractivity (Wildman–Crippen MR) is 105 cm³/mol. The van der Waals surface area contributed by atoms with Crippen molar-refractivity contribution in [2.45, 2.75) is 45.6 Å². The van der Waals surface area contributed by atoms with Crippen molar-refractivity contribution in [3.8, 4) is 5.75 Å². The predicted octanol–water partition coefficient (Wildman–Crippen LogP) is 3.61. The molecule has 0 unspecified atom stereocenters. The highest BCUT2D eigenvalue weighted by molar-refractivity contribution is 14.0. The Balaban J connectivity index is 0.00000192. The zero-order valence-electron chi connectivity index (χ0n) is 13.9. The van der Waals surface area contributed by atoms with Crippen molar-refractivity contribution < 1.29 is 4.74 Å². The number of halogens is 1. The van der Waals surface area contributed by atoms with Gasteiger partial charge in [-0.3, -0.25) is 0 Å². The van der Waals surface area contributed by atoms with Crippen LogP contribution in [-0.4, -0.2) is 19.1 Å². The van der Waals surface area contributed by atoms with Gasteiger partial charge in [-0.2, -0.15) is 0 Å². The van der Waals surface area contributed by atoms with Crippen molar-refractivity contribution in [2.24, 2.45) is 22.6 Å². The minimum Gasteiger partial charge on any atom is -0.493 e. The summed E-state index contributed by atoms with van der Waals surface area (Å²) in [6.45, 7) is 4.44. The van der Waals surface area contributed by atoms with Crippen LogP contribution in [0, 0.1) is 18.8 Å². The molecule has 2 saturated carbocycles. The van der Waals surface area contributed by atoms with Gasteiger partial charge in [-0.05, 0) is 56.1 Å². The normalized spacial score (nSPS) is 18.0. The standard InChI is InChI=1S/C18H27N3O.HI/c1-13-5-8-16(17(9-13)22-12-15-6-7-15)11-21-18(19)20-10-14-3-2-4-14;/h5,8-9,14-15H,2-4,6-7,10-12H2,1H3,(H3,19,20,21);1H. The first-order chi connectivity index (χ1) is 10.7. The van der Waals surface area contributed by atoms with Gasteiger partial charge in [0.25, 0.3) is 0 Å². The molecule has 128 valence electrons. The quantitative estimate of drug-likeness (QED) is 0.396. The van der Waals surface area contributed by atoms with Crippen molar-refractivity contribution in [1.82, 2.24) is 5.32 Å². The van der Waals surface area contributed by atoms with Crippen molar-refractivity contribution in [1.29, 1.82) is 0 Å². The summed E-state index contributed by atoms with van der Waals surface area (Å²) in [4.78, 5) is 4.46. The van der Waals surface area contributed by atoms with E-state index >= 15 is 0 Å². The molecule has 0 aliphatic heterocycles. The van der Waals surface area contributed by atoms with Gasteiger partial charge < -0.3 is 15.8 Å². The molecule has 2 aliphatic rings. The molecular formula is C18H28IN3O. The van der Waals surface area contributed by atoms with Gasteiger partial charge in [-0.25, -0.2) is 4.99 Å². The monoisotopic (exact) mass is 429 g/mol. The van der Waals surface area contributed by atoms with Crippen LogP contribution in [0.3, 0.4) is 0 Å². The highest BCUT2D eigenvalue weighted by Gasteiger charge is 2.22. The zero-order chi connectivity index (χ0) is 15.4. The number of benzene rings is 1. The second kappa shape index (κ2) is 8.76. The van der Waals surface area contributed by atoms with Gasteiger partial charge in [0.05, 0.1) is 13.2 Å². The fourth-order valence-corrected chi connectivity index (χ4v) is 2.59. The first-order valence-electron chi connectivity index (χ1n) is 8.47. The third-order valence-electron chi connectivity index (χ3n) is 4.61. The largest absolute Gasteiger partial charge is 0.493 e. The third kappa shape index (κ3) is 5.86. The Kier molecular flexibility index (Phi) is 6.99. The van der Waals surface area contributed by atoms with Crippen molar-refractivity contribution >= 4 is 29.9 Å². The number of ether oxygens (including phenoxy) is 1. The van der Waals surface area contributed by atoms with Crippen molar-refractivity contribution in [3.63, 3.8) is 0 Å². The number of nitrogens with two attached hydrogens (primary N) is 1. The Morgan fingerprint density at radius 1 is 1.26 bits per heavy atom. The molecule has 0 bridgehead atoms. The molecule has 0 heterocycles. The van der Waals surface area contributed by atoms with Crippen LogP contribution in [0.4, 0.5) is 0 Å². The smallest absolute Gasteiger partial charge is 0.188 e. The number of hydrogen-bond donors (Lipinski definition) is 2. The molecule has 1 aromatic rings. The first-order valence-corrected chi connectivity index (χ1v) is 8.47. The molecule has 0 amide bonds. The van der Waals surface area contributed by atoms with E-state index in [-0.39, 0.29) is 24.0 Å². The summed E-state index contributed by atoms with van der Waals surface area (Å²) in [6, 6.07) is 6.30. The van der Waals surface area contributed by atoms with E-state index < -0.39 is 0 Å². The van der Waals surface area contributed by atoms with Crippen LogP contribution < -0.4 is 15.8 Å². The van der Waals surface area contributed by atoms with Crippen molar-refractivity contribution in [3.05, 3.63) is 29.3 Å². The number of rotatable bonds is 7. The maximum atomic E-state index is 5.97. The number of nitrogens with zero attached hydrogens (tertiary/aromatic N) is 1. The highest BCUT2D eigenvalue weighted by atomic mass is 127. The van der Waals surface area contributed by atoms with E-state index in [1.54, 1.807) is 0 Å². The van der Waals surface area contributed by atoms with Crippen LogP contribution in [0.15, 0.2) is 23.2 Å². The number of guanidine groups is 1. The summed E-state index contributed by atoms with van der Waals surface area (Å²) in [5.41, 5.74) is 8.29. The Labute approximate surface area is 156 Å². The molecule has 0 saturated heterocycles. The average Bonchev–Trinajstić information content (AvgIpc) is 3.26. The van der Waals surface area contributed by atoms with E-state index in [0.717, 1.165) is 36.3 Å². The molecule has 2 aliphatic carbocycles. The molecule has 3 rings (SSSR count). The lowest BCUT2D eigenvalue weighted by Crippen LogP contribution is -2.37. The number of hydrogen-bond acceptors (Lipinski definition) is 2. The van der Waals surface area contributed by atoms with E-state index in [1.165, 1.54) is 37.7 Å². The maximum Gasteiger partial charge on any atom is 0.188 e. The van der Waals surface area contributed by atoms with E-state index in [2.05, 4.69) is 35.4 Å². The highest BCUT2D eigenvalue weighted by Crippen LogP contribution is 2.31. The summed E-state index contributed by atoms with van der Waals surface area (Å²) in [7, 11) is 0. The van der Waals surface area contributed by atoms with Crippen LogP contribution in [0.25, 0.3) is 0 Å². The lowest BCUT2D eigenvalue weighted by Gasteiger charge is -2.25. The van der Waals surface area contributed by atoms with Crippen LogP contribution in [0.2, 0.25) is 0 Å².